The number of carbonyl (C=O) groups is 1. The highest BCUT2D eigenvalue weighted by atomic mass is 28.4. The number of aliphatic hydroxyl groups is 3. The third kappa shape index (κ3) is 15.5. The van der Waals surface area contributed by atoms with Gasteiger partial charge in [-0.3, -0.25) is 4.79 Å². The van der Waals surface area contributed by atoms with Gasteiger partial charge in [0.15, 0.2) is 29.2 Å². The van der Waals surface area contributed by atoms with E-state index in [-0.39, 0.29) is 37.5 Å². The van der Waals surface area contributed by atoms with Crippen LogP contribution in [0.15, 0.2) is 5.16 Å². The number of ether oxygens (including phenoxy) is 7. The van der Waals surface area contributed by atoms with E-state index in [0.717, 1.165) is 19.3 Å². The fourth-order valence-electron chi connectivity index (χ4n) is 11.6. The van der Waals surface area contributed by atoms with Gasteiger partial charge >= 0.3 is 5.97 Å². The Balaban J connectivity index is 1.96. The summed E-state index contributed by atoms with van der Waals surface area (Å²) < 4.78 is 60.5. The van der Waals surface area contributed by atoms with Gasteiger partial charge in [-0.05, 0) is 141 Å². The van der Waals surface area contributed by atoms with Crippen molar-refractivity contribution in [2.24, 2.45) is 28.8 Å². The largest absolute Gasteiger partial charge is 0.459 e. The molecule has 16 nitrogen and oxygen atoms in total. The molecule has 4 aliphatic rings. The minimum Gasteiger partial charge on any atom is -0.459 e. The summed E-state index contributed by atoms with van der Waals surface area (Å²) in [5, 5.41) is 43.0. The summed E-state index contributed by atoms with van der Waals surface area (Å²) in [5.74, 6) is -4.82. The lowest BCUT2D eigenvalue weighted by Gasteiger charge is -2.51. The number of hydrogen-bond donors (Lipinski definition) is 3. The first-order chi connectivity index (χ1) is 32.1. The number of cyclic esters (lactones) is 1. The van der Waals surface area contributed by atoms with Crippen molar-refractivity contribution in [1.29, 1.82) is 0 Å². The van der Waals surface area contributed by atoms with Crippen LogP contribution in [-0.2, 0) is 51.6 Å². The number of aliphatic hydroxyl groups excluding tert-OH is 1. The van der Waals surface area contributed by atoms with Crippen LogP contribution in [0, 0.1) is 23.7 Å². The van der Waals surface area contributed by atoms with Crippen molar-refractivity contribution >= 4 is 28.3 Å². The highest BCUT2D eigenvalue weighted by Gasteiger charge is 2.55. The highest BCUT2D eigenvalue weighted by molar-refractivity contribution is 6.70. The highest BCUT2D eigenvalue weighted by Crippen LogP contribution is 2.43. The molecule has 4 fully saturated rings. The zero-order chi connectivity index (χ0) is 53.1. The van der Waals surface area contributed by atoms with Crippen molar-refractivity contribution in [2.75, 3.05) is 21.2 Å². The predicted octanol–water partition coefficient (Wildman–Crippen LogP) is 8.39. The molecule has 0 amide bonds. The van der Waals surface area contributed by atoms with Crippen LogP contribution in [-0.4, -0.2) is 166 Å². The standard InChI is InChI=1S/C52H100N2O14Si2/c1-22-39-51(12,58)44(55)34(6)41(53-68-52(65-31(2)3)26-24-23-25-27-52)32(4)29-49(10,57)45(64-48-43(66-69(16,17)18)38(54(13)14)28-33(5)60-48)35(7)42(36(8)47(56)62-39)63-40-30-50(11,59-15)46(37(9)61-40)67-70(19,20)21/h31-40,42-46,48,55,57-58H,22-30H2,1-21H3/b53-41+/t32-,33-,34-,35+,36-,37+,38+,39+,40+,42-,43-,44-,45-,46+,48+,49+,50-,51-/m1/s1. The van der Waals surface area contributed by atoms with Crippen LogP contribution in [0.3, 0.4) is 0 Å². The monoisotopic (exact) mass is 1030 g/mol. The van der Waals surface area contributed by atoms with E-state index in [1.54, 1.807) is 34.8 Å². The smallest absolute Gasteiger partial charge is 0.311 e. The van der Waals surface area contributed by atoms with E-state index in [1.807, 2.05) is 62.6 Å². The van der Waals surface area contributed by atoms with Gasteiger partial charge in [-0.1, -0.05) is 39.3 Å². The van der Waals surface area contributed by atoms with Crippen LogP contribution in [0.4, 0.5) is 0 Å². The maximum absolute atomic E-state index is 14.8. The van der Waals surface area contributed by atoms with Crippen molar-refractivity contribution < 1.29 is 67.0 Å². The Morgan fingerprint density at radius 2 is 1.43 bits per heavy atom. The molecular formula is C52H100N2O14Si2. The molecule has 18 heteroatoms. The second-order valence-corrected chi connectivity index (χ2v) is 33.6. The second kappa shape index (κ2) is 24.3. The van der Waals surface area contributed by atoms with E-state index in [4.69, 9.17) is 52.0 Å². The van der Waals surface area contributed by atoms with Gasteiger partial charge in [0.25, 0.3) is 0 Å². The Bertz CT molecular complexity index is 1680. The Kier molecular flexibility index (Phi) is 21.3. The first-order valence-corrected chi connectivity index (χ1v) is 33.4. The first-order valence-electron chi connectivity index (χ1n) is 26.6. The van der Waals surface area contributed by atoms with Gasteiger partial charge in [0.2, 0.25) is 5.79 Å². The van der Waals surface area contributed by atoms with E-state index < -0.39 is 124 Å². The molecule has 410 valence electrons. The molecule has 18 atom stereocenters. The Morgan fingerprint density at radius 1 is 0.829 bits per heavy atom. The lowest BCUT2D eigenvalue weighted by Crippen LogP contribution is -2.62. The minimum absolute atomic E-state index is 0.0531. The molecule has 4 rings (SSSR count). The Hall–Kier alpha value is -1.11. The van der Waals surface area contributed by atoms with Gasteiger partial charge in [-0.25, -0.2) is 0 Å². The summed E-state index contributed by atoms with van der Waals surface area (Å²) >= 11 is 0. The first kappa shape index (κ1) is 61.4. The van der Waals surface area contributed by atoms with Gasteiger partial charge in [-0.15, -0.1) is 0 Å². The molecule has 3 saturated heterocycles. The zero-order valence-electron chi connectivity index (χ0n) is 47.3. The number of hydrogen-bond acceptors (Lipinski definition) is 16. The van der Waals surface area contributed by atoms with Crippen LogP contribution >= 0.6 is 0 Å². The van der Waals surface area contributed by atoms with E-state index in [1.165, 1.54) is 6.92 Å². The van der Waals surface area contributed by atoms with Crippen molar-refractivity contribution in [3.8, 4) is 0 Å². The average molecular weight is 1030 g/mol. The number of carbonyl (C=O) groups excluding carboxylic acids is 1. The fourth-order valence-corrected chi connectivity index (χ4v) is 13.9. The van der Waals surface area contributed by atoms with E-state index in [9.17, 15) is 20.1 Å². The lowest BCUT2D eigenvalue weighted by molar-refractivity contribution is -0.315. The summed E-state index contributed by atoms with van der Waals surface area (Å²) in [5.41, 5.74) is -4.07. The van der Waals surface area contributed by atoms with Crippen LogP contribution < -0.4 is 0 Å². The summed E-state index contributed by atoms with van der Waals surface area (Å²) in [6.45, 7) is 35.1. The van der Waals surface area contributed by atoms with Crippen molar-refractivity contribution in [2.45, 2.75) is 276 Å². The van der Waals surface area contributed by atoms with Gasteiger partial charge in [0.1, 0.15) is 17.8 Å². The molecule has 3 heterocycles. The van der Waals surface area contributed by atoms with Crippen LogP contribution in [0.1, 0.15) is 141 Å². The molecule has 0 unspecified atom stereocenters. The van der Waals surface area contributed by atoms with Crippen molar-refractivity contribution in [3.63, 3.8) is 0 Å². The summed E-state index contributed by atoms with van der Waals surface area (Å²) in [6, 6.07) is -0.0774. The summed E-state index contributed by atoms with van der Waals surface area (Å²) in [6.07, 6.45) is -2.93. The molecule has 70 heavy (non-hydrogen) atoms. The quantitative estimate of drug-likeness (QED) is 0.0614. The SMILES string of the molecule is CC[C@@H]1OC(=O)[C@H](C)[C@H](O[C@H]2C[C@@](C)(OC)[C@@H](O[Si](C)(C)C)[C@H](C)O2)[C@H](C)[C@@H](O[C@@H]2O[C@H](C)C[C@H](N(C)C)[C@H]2O[Si](C)(C)C)[C@@](C)(O)C[C@@H](C)/C(=N\OC2(OC(C)C)CCCCC2)[C@@H](C)[C@@H](O)[C@]1(C)O. The minimum atomic E-state index is -2.23. The van der Waals surface area contributed by atoms with E-state index in [0.29, 0.717) is 25.0 Å². The third-order valence-corrected chi connectivity index (χ3v) is 17.1. The number of esters is 1. The molecule has 1 aliphatic carbocycles. The van der Waals surface area contributed by atoms with Crippen LogP contribution in [0.5, 0.6) is 0 Å². The molecule has 0 aromatic carbocycles. The molecule has 3 N–H and O–H groups in total. The molecular weight excluding hydrogens is 933 g/mol. The van der Waals surface area contributed by atoms with E-state index in [2.05, 4.69) is 44.2 Å². The second-order valence-electron chi connectivity index (χ2n) is 24.7. The average Bonchev–Trinajstić information content (AvgIpc) is 3.23. The van der Waals surface area contributed by atoms with Gasteiger partial charge in [0, 0.05) is 50.2 Å². The van der Waals surface area contributed by atoms with Crippen molar-refractivity contribution in [3.05, 3.63) is 0 Å². The molecule has 0 bridgehead atoms. The molecule has 1 saturated carbocycles. The van der Waals surface area contributed by atoms with Crippen LogP contribution in [0.25, 0.3) is 0 Å². The summed E-state index contributed by atoms with van der Waals surface area (Å²) in [4.78, 5) is 23.5. The lowest BCUT2D eigenvalue weighted by atomic mass is 9.73. The zero-order valence-corrected chi connectivity index (χ0v) is 49.3. The number of nitrogens with zero attached hydrogens (tertiary/aromatic N) is 2. The number of rotatable bonds is 15. The predicted molar refractivity (Wildman–Crippen MR) is 276 cm³/mol. The number of oxime groups is 1. The maximum Gasteiger partial charge on any atom is 0.311 e. The molecule has 0 radical (unpaired) electrons. The van der Waals surface area contributed by atoms with Crippen molar-refractivity contribution in [1.82, 2.24) is 4.90 Å². The molecule has 0 aromatic rings. The van der Waals surface area contributed by atoms with Gasteiger partial charge in [-0.2, -0.15) is 0 Å². The third-order valence-electron chi connectivity index (χ3n) is 15.1. The van der Waals surface area contributed by atoms with Crippen LogP contribution in [0.2, 0.25) is 39.3 Å². The summed E-state index contributed by atoms with van der Waals surface area (Å²) in [7, 11) is 1.42. The maximum atomic E-state index is 14.8. The Labute approximate surface area is 425 Å². The van der Waals surface area contributed by atoms with Gasteiger partial charge in [0.05, 0.1) is 65.6 Å². The number of methoxy groups -OCH3 is 1. The number of likely N-dealkylation sites (N-methyl/N-ethyl adjacent to an activating group) is 1. The fraction of sp³-hybridized carbons (Fsp3) is 0.962. The molecule has 0 aromatic heterocycles. The molecule has 0 spiro atoms. The Morgan fingerprint density at radius 3 is 1.96 bits per heavy atom. The molecule has 3 aliphatic heterocycles. The topological polar surface area (TPSA) is 186 Å². The normalized spacial score (nSPS) is 42.7. The van der Waals surface area contributed by atoms with Gasteiger partial charge < -0.3 is 67.1 Å². The van der Waals surface area contributed by atoms with E-state index >= 15 is 0 Å².